The maximum atomic E-state index is 12.8. The van der Waals surface area contributed by atoms with Gasteiger partial charge in [0.15, 0.2) is 0 Å². The molecular weight excluding hydrogens is 388 g/mol. The van der Waals surface area contributed by atoms with Crippen molar-refractivity contribution in [3.05, 3.63) is 84.9 Å². The van der Waals surface area contributed by atoms with Crippen LogP contribution >= 0.6 is 0 Å². The van der Waals surface area contributed by atoms with Crippen LogP contribution in [0.3, 0.4) is 0 Å². The Morgan fingerprint density at radius 3 is 1.94 bits per heavy atom. The summed E-state index contributed by atoms with van der Waals surface area (Å²) in [6, 6.07) is 26.7. The first-order chi connectivity index (χ1) is 15.2. The molecule has 1 aliphatic heterocycles. The minimum atomic E-state index is -0.225. The fourth-order valence-electron chi connectivity index (χ4n) is 3.67. The number of hydrogen-bond acceptors (Lipinski definition) is 3. The molecule has 1 saturated heterocycles. The van der Waals surface area contributed by atoms with Crippen molar-refractivity contribution in [3.8, 4) is 0 Å². The third kappa shape index (κ3) is 5.63. The van der Waals surface area contributed by atoms with E-state index in [0.29, 0.717) is 13.1 Å². The fourth-order valence-corrected chi connectivity index (χ4v) is 3.67. The first kappa shape index (κ1) is 20.5. The number of amides is 3. The number of nitrogens with zero attached hydrogens (tertiary/aromatic N) is 1. The summed E-state index contributed by atoms with van der Waals surface area (Å²) in [4.78, 5) is 27.1. The number of urea groups is 1. The monoisotopic (exact) mass is 414 g/mol. The van der Waals surface area contributed by atoms with Gasteiger partial charge in [-0.2, -0.15) is 0 Å². The maximum Gasteiger partial charge on any atom is 0.321 e. The Morgan fingerprint density at radius 2 is 1.26 bits per heavy atom. The van der Waals surface area contributed by atoms with Gasteiger partial charge in [-0.25, -0.2) is 4.79 Å². The van der Waals surface area contributed by atoms with E-state index in [1.165, 1.54) is 0 Å². The molecule has 0 aliphatic carbocycles. The average Bonchev–Trinajstić information content (AvgIpc) is 2.82. The molecule has 0 aromatic heterocycles. The smallest absolute Gasteiger partial charge is 0.321 e. The Bertz CT molecular complexity index is 1010. The summed E-state index contributed by atoms with van der Waals surface area (Å²) in [5.74, 6) is -0.279. The van der Waals surface area contributed by atoms with E-state index in [-0.39, 0.29) is 17.9 Å². The van der Waals surface area contributed by atoms with Crippen molar-refractivity contribution in [2.75, 3.05) is 29.0 Å². The van der Waals surface area contributed by atoms with Crippen LogP contribution in [-0.2, 0) is 4.79 Å². The van der Waals surface area contributed by atoms with Crippen LogP contribution in [-0.4, -0.2) is 29.9 Å². The highest BCUT2D eigenvalue weighted by atomic mass is 16.2. The summed E-state index contributed by atoms with van der Waals surface area (Å²) < 4.78 is 0. The lowest BCUT2D eigenvalue weighted by Gasteiger charge is -2.32. The fraction of sp³-hybridized carbons (Fsp3) is 0.200. The Kier molecular flexibility index (Phi) is 6.47. The van der Waals surface area contributed by atoms with Gasteiger partial charge in [0.05, 0.1) is 5.92 Å². The van der Waals surface area contributed by atoms with Crippen LogP contribution in [0.5, 0.6) is 0 Å². The molecule has 3 amide bonds. The molecule has 0 bridgehead atoms. The molecule has 0 saturated carbocycles. The topological polar surface area (TPSA) is 73.5 Å². The number of carbonyl (C=O) groups excluding carboxylic acids is 2. The van der Waals surface area contributed by atoms with Gasteiger partial charge in [0.2, 0.25) is 5.91 Å². The second-order valence-electron chi connectivity index (χ2n) is 7.64. The number of carbonyl (C=O) groups is 2. The second kappa shape index (κ2) is 9.80. The van der Waals surface area contributed by atoms with Crippen LogP contribution in [0, 0.1) is 5.92 Å². The quantitative estimate of drug-likeness (QED) is 0.529. The van der Waals surface area contributed by atoms with Crippen molar-refractivity contribution in [2.45, 2.75) is 12.8 Å². The SMILES string of the molecule is O=C(Nc1ccc(Nc2ccccc2)cc1)C1CCCN(C(=O)Nc2ccccc2)C1. The van der Waals surface area contributed by atoms with Gasteiger partial charge in [0.25, 0.3) is 0 Å². The molecule has 1 heterocycles. The molecule has 3 aromatic rings. The summed E-state index contributed by atoms with van der Waals surface area (Å²) in [6.45, 7) is 1.07. The van der Waals surface area contributed by atoms with Gasteiger partial charge in [0, 0.05) is 35.8 Å². The molecule has 0 spiro atoms. The molecule has 31 heavy (non-hydrogen) atoms. The third-order valence-electron chi connectivity index (χ3n) is 5.32. The van der Waals surface area contributed by atoms with E-state index in [9.17, 15) is 9.59 Å². The molecule has 6 heteroatoms. The summed E-state index contributed by atoms with van der Waals surface area (Å²) in [5.41, 5.74) is 3.46. The molecule has 1 atom stereocenters. The van der Waals surface area contributed by atoms with Crippen LogP contribution in [0.1, 0.15) is 12.8 Å². The lowest BCUT2D eigenvalue weighted by molar-refractivity contribution is -0.121. The van der Waals surface area contributed by atoms with E-state index >= 15 is 0 Å². The molecular formula is C25H26N4O2. The van der Waals surface area contributed by atoms with E-state index in [1.807, 2.05) is 84.9 Å². The molecule has 1 unspecified atom stereocenters. The van der Waals surface area contributed by atoms with E-state index < -0.39 is 0 Å². The lowest BCUT2D eigenvalue weighted by atomic mass is 9.97. The normalized spacial score (nSPS) is 15.7. The maximum absolute atomic E-state index is 12.8. The van der Waals surface area contributed by atoms with Crippen molar-refractivity contribution < 1.29 is 9.59 Å². The van der Waals surface area contributed by atoms with Crippen LogP contribution in [0.15, 0.2) is 84.9 Å². The van der Waals surface area contributed by atoms with E-state index in [2.05, 4.69) is 16.0 Å². The predicted octanol–water partition coefficient (Wildman–Crippen LogP) is 5.31. The van der Waals surface area contributed by atoms with E-state index in [4.69, 9.17) is 0 Å². The molecule has 1 fully saturated rings. The van der Waals surface area contributed by atoms with Gasteiger partial charge >= 0.3 is 6.03 Å². The molecule has 3 N–H and O–H groups in total. The van der Waals surface area contributed by atoms with Crippen molar-refractivity contribution in [1.82, 2.24) is 4.90 Å². The van der Waals surface area contributed by atoms with Crippen molar-refractivity contribution >= 4 is 34.7 Å². The van der Waals surface area contributed by atoms with Gasteiger partial charge in [-0.1, -0.05) is 36.4 Å². The van der Waals surface area contributed by atoms with E-state index in [0.717, 1.165) is 35.6 Å². The number of likely N-dealkylation sites (tertiary alicyclic amines) is 1. The van der Waals surface area contributed by atoms with E-state index in [1.54, 1.807) is 4.90 Å². The van der Waals surface area contributed by atoms with Crippen LogP contribution in [0.25, 0.3) is 0 Å². The minimum absolute atomic E-state index is 0.0546. The van der Waals surface area contributed by atoms with Gasteiger partial charge < -0.3 is 20.9 Å². The van der Waals surface area contributed by atoms with Crippen LogP contribution in [0.2, 0.25) is 0 Å². The Balaban J connectivity index is 1.31. The molecule has 6 nitrogen and oxygen atoms in total. The van der Waals surface area contributed by atoms with Gasteiger partial charge in [-0.15, -0.1) is 0 Å². The minimum Gasteiger partial charge on any atom is -0.356 e. The first-order valence-corrected chi connectivity index (χ1v) is 10.5. The van der Waals surface area contributed by atoms with Crippen LogP contribution < -0.4 is 16.0 Å². The van der Waals surface area contributed by atoms with Gasteiger partial charge in [-0.3, -0.25) is 4.79 Å². The summed E-state index contributed by atoms with van der Waals surface area (Å²) in [5, 5.41) is 9.20. The number of para-hydroxylation sites is 2. The van der Waals surface area contributed by atoms with Crippen LogP contribution in [0.4, 0.5) is 27.5 Å². The third-order valence-corrected chi connectivity index (χ3v) is 5.32. The number of hydrogen-bond donors (Lipinski definition) is 3. The zero-order valence-electron chi connectivity index (χ0n) is 17.3. The number of piperidine rings is 1. The standard InChI is InChI=1S/C25H26N4O2/c30-24(27-23-15-13-22(14-16-23)26-20-9-3-1-4-10-20)19-8-7-17-29(18-19)25(31)28-21-11-5-2-6-12-21/h1-6,9-16,19,26H,7-8,17-18H2,(H,27,30)(H,28,31). The lowest BCUT2D eigenvalue weighted by Crippen LogP contribution is -2.45. The van der Waals surface area contributed by atoms with Crippen molar-refractivity contribution in [2.24, 2.45) is 5.92 Å². The Hall–Kier alpha value is -3.80. The highest BCUT2D eigenvalue weighted by Gasteiger charge is 2.28. The highest BCUT2D eigenvalue weighted by molar-refractivity contribution is 5.94. The average molecular weight is 415 g/mol. The Morgan fingerprint density at radius 1 is 0.710 bits per heavy atom. The highest BCUT2D eigenvalue weighted by Crippen LogP contribution is 2.22. The van der Waals surface area contributed by atoms with Crippen molar-refractivity contribution in [3.63, 3.8) is 0 Å². The number of rotatable bonds is 5. The zero-order chi connectivity index (χ0) is 21.5. The van der Waals surface area contributed by atoms with Gasteiger partial charge in [-0.05, 0) is 61.4 Å². The largest absolute Gasteiger partial charge is 0.356 e. The molecule has 0 radical (unpaired) electrons. The molecule has 1 aliphatic rings. The zero-order valence-corrected chi connectivity index (χ0v) is 17.3. The number of nitrogens with one attached hydrogen (secondary N) is 3. The van der Waals surface area contributed by atoms with Crippen molar-refractivity contribution in [1.29, 1.82) is 0 Å². The number of anilines is 4. The molecule has 158 valence electrons. The molecule has 3 aromatic carbocycles. The van der Waals surface area contributed by atoms with Gasteiger partial charge in [0.1, 0.15) is 0 Å². The predicted molar refractivity (Wildman–Crippen MR) is 125 cm³/mol. The summed E-state index contributed by atoms with van der Waals surface area (Å²) in [6.07, 6.45) is 1.58. The number of benzene rings is 3. The second-order valence-corrected chi connectivity index (χ2v) is 7.64. The first-order valence-electron chi connectivity index (χ1n) is 10.5. The summed E-state index contributed by atoms with van der Waals surface area (Å²) in [7, 11) is 0. The Labute approximate surface area is 182 Å². The summed E-state index contributed by atoms with van der Waals surface area (Å²) >= 11 is 0. The molecule has 4 rings (SSSR count).